The van der Waals surface area contributed by atoms with E-state index in [1.54, 1.807) is 23.7 Å². The molecule has 1 aliphatic heterocycles. The van der Waals surface area contributed by atoms with E-state index in [0.717, 1.165) is 39.3 Å². The third-order valence-corrected chi connectivity index (χ3v) is 5.91. The summed E-state index contributed by atoms with van der Waals surface area (Å²) in [6.07, 6.45) is 9.89. The highest BCUT2D eigenvalue weighted by Gasteiger charge is 2.29. The van der Waals surface area contributed by atoms with Crippen molar-refractivity contribution in [2.75, 3.05) is 4.90 Å². The van der Waals surface area contributed by atoms with Crippen LogP contribution in [0.3, 0.4) is 0 Å². The van der Waals surface area contributed by atoms with Crippen molar-refractivity contribution in [2.24, 2.45) is 0 Å². The predicted molar refractivity (Wildman–Crippen MR) is 119 cm³/mol. The Hall–Kier alpha value is -3.77. The van der Waals surface area contributed by atoms with Crippen molar-refractivity contribution in [3.05, 3.63) is 102 Å². The van der Waals surface area contributed by atoms with Crippen LogP contribution in [0.1, 0.15) is 11.3 Å². The molecule has 4 heterocycles. The molecule has 0 N–H and O–H groups in total. The van der Waals surface area contributed by atoms with Crippen LogP contribution in [0.5, 0.6) is 0 Å². The van der Waals surface area contributed by atoms with Gasteiger partial charge in [0.2, 0.25) is 0 Å². The van der Waals surface area contributed by atoms with Gasteiger partial charge in [-0.3, -0.25) is 4.98 Å². The monoisotopic (exact) mass is 411 g/mol. The van der Waals surface area contributed by atoms with Crippen molar-refractivity contribution in [2.45, 2.75) is 6.04 Å². The molecule has 0 bridgehead atoms. The van der Waals surface area contributed by atoms with Crippen LogP contribution < -0.4 is 4.90 Å². The van der Waals surface area contributed by atoms with Gasteiger partial charge in [0.25, 0.3) is 0 Å². The number of nitrogens with zero attached hydrogens (tertiary/aromatic N) is 3. The van der Waals surface area contributed by atoms with Crippen LogP contribution >= 0.6 is 11.3 Å². The number of pyridine rings is 1. The minimum absolute atomic E-state index is 0.476. The Labute approximate surface area is 177 Å². The minimum Gasteiger partial charge on any atom is -0.443 e. The molecule has 0 amide bonds. The topological polar surface area (TPSA) is 59.2 Å². The van der Waals surface area contributed by atoms with E-state index in [2.05, 4.69) is 9.97 Å². The van der Waals surface area contributed by atoms with Crippen LogP contribution in [-0.2, 0) is 4.79 Å². The fourth-order valence-electron chi connectivity index (χ4n) is 3.61. The number of hydrogen-bond acceptors (Lipinski definition) is 6. The molecule has 0 spiro atoms. The molecule has 1 unspecified atom stereocenters. The van der Waals surface area contributed by atoms with Crippen molar-refractivity contribution in [3.8, 4) is 10.6 Å². The molecule has 5 nitrogen and oxygen atoms in total. The van der Waals surface area contributed by atoms with Gasteiger partial charge in [-0.25, -0.2) is 4.98 Å². The minimum atomic E-state index is -0.476. The zero-order valence-electron chi connectivity index (χ0n) is 15.9. The van der Waals surface area contributed by atoms with Gasteiger partial charge in [-0.05, 0) is 47.4 Å². The number of carbonyl (C=O) groups excluding carboxylic acids is 1. The Morgan fingerprint density at radius 1 is 1.07 bits per heavy atom. The summed E-state index contributed by atoms with van der Waals surface area (Å²) < 4.78 is 5.54. The summed E-state index contributed by atoms with van der Waals surface area (Å²) in [5, 5.41) is 2.00. The lowest BCUT2D eigenvalue weighted by molar-refractivity contribution is -0.107. The van der Waals surface area contributed by atoms with Gasteiger partial charge in [0, 0.05) is 29.2 Å². The Bertz CT molecular complexity index is 1210. The zero-order valence-corrected chi connectivity index (χ0v) is 16.7. The molecular weight excluding hydrogens is 394 g/mol. The van der Waals surface area contributed by atoms with Gasteiger partial charge in [-0.1, -0.05) is 24.3 Å². The van der Waals surface area contributed by atoms with Crippen molar-refractivity contribution in [3.63, 3.8) is 0 Å². The second-order valence-corrected chi connectivity index (χ2v) is 7.67. The number of hydrogen-bond donors (Lipinski definition) is 0. The van der Waals surface area contributed by atoms with Crippen LogP contribution in [0, 0.1) is 0 Å². The first-order valence-corrected chi connectivity index (χ1v) is 10.3. The second-order valence-electron chi connectivity index (χ2n) is 6.75. The number of allylic oxidation sites excluding steroid dienone is 2. The molecule has 5 rings (SSSR count). The number of thiophene rings is 1. The van der Waals surface area contributed by atoms with Crippen LogP contribution in [0.15, 0.2) is 95.5 Å². The quantitative estimate of drug-likeness (QED) is 0.417. The highest BCUT2D eigenvalue weighted by molar-refractivity contribution is 7.13. The summed E-state index contributed by atoms with van der Waals surface area (Å²) in [4.78, 5) is 23.8. The number of carbonyl (C=O) groups is 1. The van der Waals surface area contributed by atoms with Crippen molar-refractivity contribution in [1.82, 2.24) is 9.97 Å². The third kappa shape index (κ3) is 3.27. The second kappa shape index (κ2) is 7.93. The Morgan fingerprint density at radius 2 is 1.93 bits per heavy atom. The molecule has 0 aliphatic carbocycles. The van der Waals surface area contributed by atoms with Gasteiger partial charge in [0.05, 0.1) is 16.8 Å². The SMILES string of the molecule is O=CC1C(c2ccsc2-c2cnco2)=CC(c2ccccn2)=CN1c1ccccc1. The van der Waals surface area contributed by atoms with Crippen LogP contribution in [0.2, 0.25) is 0 Å². The average molecular weight is 411 g/mol. The number of oxazole rings is 1. The number of aromatic nitrogens is 2. The van der Waals surface area contributed by atoms with Crippen molar-refractivity contribution < 1.29 is 9.21 Å². The van der Waals surface area contributed by atoms with E-state index in [9.17, 15) is 4.79 Å². The molecule has 30 heavy (non-hydrogen) atoms. The van der Waals surface area contributed by atoms with Crippen LogP contribution in [0.25, 0.3) is 21.8 Å². The van der Waals surface area contributed by atoms with E-state index < -0.39 is 6.04 Å². The predicted octanol–water partition coefficient (Wildman–Crippen LogP) is 5.31. The van der Waals surface area contributed by atoms with Gasteiger partial charge in [0.1, 0.15) is 12.3 Å². The summed E-state index contributed by atoms with van der Waals surface area (Å²) in [5.41, 5.74) is 4.56. The molecule has 6 heteroatoms. The number of rotatable bonds is 5. The fourth-order valence-corrected chi connectivity index (χ4v) is 4.48. The highest BCUT2D eigenvalue weighted by atomic mass is 32.1. The lowest BCUT2D eigenvalue weighted by Gasteiger charge is -2.33. The fraction of sp³-hybridized carbons (Fsp3) is 0.0417. The maximum atomic E-state index is 12.3. The molecule has 4 aromatic rings. The zero-order chi connectivity index (χ0) is 20.3. The Morgan fingerprint density at radius 3 is 2.67 bits per heavy atom. The summed E-state index contributed by atoms with van der Waals surface area (Å²) in [6, 6.07) is 17.3. The van der Waals surface area contributed by atoms with E-state index in [0.29, 0.717) is 5.76 Å². The van der Waals surface area contributed by atoms with E-state index >= 15 is 0 Å². The van der Waals surface area contributed by atoms with Crippen molar-refractivity contribution >= 4 is 34.5 Å². The first kappa shape index (κ1) is 18.3. The summed E-state index contributed by atoms with van der Waals surface area (Å²) in [7, 11) is 0. The van der Waals surface area contributed by atoms with E-state index in [1.165, 1.54) is 6.39 Å². The largest absolute Gasteiger partial charge is 0.443 e. The highest BCUT2D eigenvalue weighted by Crippen LogP contribution is 2.40. The molecule has 0 fully saturated rings. The average Bonchev–Trinajstić information content (AvgIpc) is 3.51. The maximum absolute atomic E-state index is 12.3. The molecule has 1 aromatic carbocycles. The molecular formula is C24H17N3O2S. The van der Waals surface area contributed by atoms with Gasteiger partial charge in [0.15, 0.2) is 12.2 Å². The lowest BCUT2D eigenvalue weighted by atomic mass is 9.91. The molecule has 1 atom stereocenters. The van der Waals surface area contributed by atoms with Gasteiger partial charge < -0.3 is 14.1 Å². The molecule has 1 aliphatic rings. The van der Waals surface area contributed by atoms with Gasteiger partial charge in [-0.15, -0.1) is 11.3 Å². The molecule has 3 aromatic heterocycles. The van der Waals surface area contributed by atoms with Crippen LogP contribution in [0.4, 0.5) is 5.69 Å². The summed E-state index contributed by atoms with van der Waals surface area (Å²) in [5.74, 6) is 0.686. The summed E-state index contributed by atoms with van der Waals surface area (Å²) in [6.45, 7) is 0. The van der Waals surface area contributed by atoms with E-state index in [4.69, 9.17) is 4.42 Å². The third-order valence-electron chi connectivity index (χ3n) is 4.98. The van der Waals surface area contributed by atoms with Crippen LogP contribution in [-0.4, -0.2) is 22.3 Å². The lowest BCUT2D eigenvalue weighted by Crippen LogP contribution is -2.35. The normalized spacial score (nSPS) is 16.1. The Balaban J connectivity index is 1.69. The summed E-state index contributed by atoms with van der Waals surface area (Å²) >= 11 is 1.56. The molecule has 0 saturated heterocycles. The van der Waals surface area contributed by atoms with Gasteiger partial charge in [-0.2, -0.15) is 0 Å². The number of aldehydes is 1. The molecule has 0 saturated carbocycles. The van der Waals surface area contributed by atoms with Crippen molar-refractivity contribution in [1.29, 1.82) is 0 Å². The maximum Gasteiger partial charge on any atom is 0.181 e. The molecule has 146 valence electrons. The number of benzene rings is 1. The first-order valence-electron chi connectivity index (χ1n) is 9.45. The number of anilines is 1. The van der Waals surface area contributed by atoms with Gasteiger partial charge >= 0.3 is 0 Å². The Kier molecular flexibility index (Phi) is 4.83. The van der Waals surface area contributed by atoms with E-state index in [1.807, 2.05) is 77.2 Å². The number of para-hydroxylation sites is 1. The standard InChI is InChI=1S/C24H17N3O2S/c28-15-22-20(19-9-11-30-24(19)23-13-25-16-29-23)12-17(21-8-4-5-10-26-21)14-27(22)18-6-2-1-3-7-18/h1-16,22H. The van der Waals surface area contributed by atoms with E-state index in [-0.39, 0.29) is 0 Å². The smallest absolute Gasteiger partial charge is 0.181 e. The first-order chi connectivity index (χ1) is 14.8. The molecule has 0 radical (unpaired) electrons.